The van der Waals surface area contributed by atoms with E-state index in [-0.39, 0.29) is 44.7 Å². The van der Waals surface area contributed by atoms with Gasteiger partial charge in [-0.3, -0.25) is 0 Å². The van der Waals surface area contributed by atoms with Gasteiger partial charge in [0.25, 0.3) is 0 Å². The Bertz CT molecular complexity index is 666. The van der Waals surface area contributed by atoms with Crippen molar-refractivity contribution in [2.45, 2.75) is 44.1 Å². The van der Waals surface area contributed by atoms with Crippen molar-refractivity contribution in [2.75, 3.05) is 6.61 Å². The molecule has 1 N–H and O–H groups in total. The molecule has 3 atom stereocenters. The van der Waals surface area contributed by atoms with Gasteiger partial charge in [-0.15, -0.1) is 21.9 Å². The Morgan fingerprint density at radius 1 is 1.27 bits per heavy atom. The van der Waals surface area contributed by atoms with Crippen LogP contribution in [0, 0.1) is 17.2 Å². The van der Waals surface area contributed by atoms with Gasteiger partial charge >= 0.3 is 0 Å². The maximum atomic E-state index is 9.29. The maximum Gasteiger partial charge on any atom is 0.121 e. The van der Waals surface area contributed by atoms with E-state index in [1.165, 1.54) is 4.88 Å². The smallest absolute Gasteiger partial charge is 0.121 e. The van der Waals surface area contributed by atoms with E-state index >= 15 is 0 Å². The van der Waals surface area contributed by atoms with Crippen LogP contribution in [0.25, 0.3) is 0 Å². The van der Waals surface area contributed by atoms with Gasteiger partial charge < -0.3 is 21.2 Å². The molecule has 139 valence electrons. The van der Waals surface area contributed by atoms with Gasteiger partial charge in [0.2, 0.25) is 0 Å². The van der Waals surface area contributed by atoms with Crippen molar-refractivity contribution in [1.82, 2.24) is 0 Å². The van der Waals surface area contributed by atoms with Crippen LogP contribution in [0.4, 0.5) is 0 Å². The number of aryl methyl sites for hydroxylation is 1. The van der Waals surface area contributed by atoms with Gasteiger partial charge in [-0.05, 0) is 54.9 Å². The minimum absolute atomic E-state index is 0. The van der Waals surface area contributed by atoms with Crippen LogP contribution in [-0.4, -0.2) is 17.1 Å². The third-order valence-electron chi connectivity index (χ3n) is 4.95. The van der Waals surface area contributed by atoms with Crippen LogP contribution >= 0.6 is 34.5 Å². The molecule has 6 heteroatoms. The minimum Gasteiger partial charge on any atom is -0.493 e. The minimum atomic E-state index is -0.0348. The Balaban J connectivity index is 0.00000243. The first-order valence-electron chi connectivity index (χ1n) is 8.77. The molecule has 1 aromatic heterocycles. The third kappa shape index (κ3) is 6.46. The second-order valence-corrected chi connectivity index (χ2v) is 8.65. The second-order valence-electron chi connectivity index (χ2n) is 6.69. The van der Waals surface area contributed by atoms with Gasteiger partial charge in [0, 0.05) is 43.1 Å². The zero-order valence-electron chi connectivity index (χ0n) is 14.7. The molecule has 0 spiro atoms. The summed E-state index contributed by atoms with van der Waals surface area (Å²) in [4.78, 5) is 1.40. The van der Waals surface area contributed by atoms with Crippen LogP contribution in [0.15, 0.2) is 30.3 Å². The number of halogens is 2. The Kier molecular flexibility index (Phi) is 9.92. The molecular formula is C20H23Cl2O2SY-. The molecule has 3 rings (SSSR count). The van der Waals surface area contributed by atoms with Crippen LogP contribution in [0.5, 0.6) is 5.75 Å². The van der Waals surface area contributed by atoms with E-state index in [1.54, 1.807) is 23.5 Å². The molecular weight excluding hydrogens is 464 g/mol. The van der Waals surface area contributed by atoms with Gasteiger partial charge in [0.1, 0.15) is 5.75 Å². The zero-order chi connectivity index (χ0) is 17.6. The van der Waals surface area contributed by atoms with E-state index in [4.69, 9.17) is 27.9 Å². The zero-order valence-corrected chi connectivity index (χ0v) is 19.8. The Morgan fingerprint density at radius 3 is 2.85 bits per heavy atom. The van der Waals surface area contributed by atoms with Crippen LogP contribution in [0.3, 0.4) is 0 Å². The molecule has 0 unspecified atom stereocenters. The fourth-order valence-electron chi connectivity index (χ4n) is 3.64. The Morgan fingerprint density at radius 2 is 2.12 bits per heavy atom. The Labute approximate surface area is 195 Å². The van der Waals surface area contributed by atoms with E-state index in [1.807, 2.05) is 12.1 Å². The van der Waals surface area contributed by atoms with E-state index in [9.17, 15) is 5.11 Å². The first-order chi connectivity index (χ1) is 12.2. The molecule has 1 aromatic carbocycles. The van der Waals surface area contributed by atoms with Crippen molar-refractivity contribution < 1.29 is 42.6 Å². The van der Waals surface area contributed by atoms with Crippen molar-refractivity contribution in [1.29, 1.82) is 0 Å². The van der Waals surface area contributed by atoms with Crippen molar-refractivity contribution in [3.63, 3.8) is 0 Å². The van der Waals surface area contributed by atoms with Crippen molar-refractivity contribution in [3.05, 3.63) is 51.2 Å². The third-order valence-corrected chi connectivity index (χ3v) is 6.57. The summed E-state index contributed by atoms with van der Waals surface area (Å²) in [7, 11) is 0. The molecule has 0 aliphatic heterocycles. The topological polar surface area (TPSA) is 29.5 Å². The van der Waals surface area contributed by atoms with E-state index in [2.05, 4.69) is 11.4 Å². The van der Waals surface area contributed by atoms with Gasteiger partial charge in [-0.25, -0.2) is 6.07 Å². The molecule has 1 aliphatic rings. The number of aliphatic hydroxyl groups excluding tert-OH is 1. The van der Waals surface area contributed by atoms with Gasteiger partial charge in [-0.2, -0.15) is 6.07 Å². The second kappa shape index (κ2) is 11.4. The fraction of sp³-hybridized carbons (Fsp3) is 0.500. The molecule has 1 fully saturated rings. The quantitative estimate of drug-likeness (QED) is 0.381. The molecule has 2 aromatic rings. The SMILES string of the molecule is OCc1cc(Cl)cc(OC[C@H]2CC[C@@H](Cl)[C@@H]2CCCc2cc[c-]s2)c1.[Y]. The Hall–Kier alpha value is 0.364. The molecule has 0 amide bonds. The van der Waals surface area contributed by atoms with Crippen LogP contribution < -0.4 is 4.74 Å². The summed E-state index contributed by atoms with van der Waals surface area (Å²) in [5.41, 5.74) is 0.772. The average Bonchev–Trinajstić information content (AvgIpc) is 3.23. The number of aliphatic hydroxyl groups is 1. The molecule has 2 nitrogen and oxygen atoms in total. The van der Waals surface area contributed by atoms with E-state index < -0.39 is 0 Å². The summed E-state index contributed by atoms with van der Waals surface area (Å²) in [6.45, 7) is 0.624. The van der Waals surface area contributed by atoms with Crippen LogP contribution in [0.1, 0.15) is 36.1 Å². The monoisotopic (exact) mass is 486 g/mol. The molecule has 1 saturated carbocycles. The number of ether oxygens (including phenoxy) is 1. The number of alkyl halides is 1. The number of rotatable bonds is 8. The maximum absolute atomic E-state index is 9.29. The normalized spacial score (nSPS) is 22.2. The van der Waals surface area contributed by atoms with Crippen molar-refractivity contribution >= 4 is 34.5 Å². The van der Waals surface area contributed by atoms with Gasteiger partial charge in [0.15, 0.2) is 0 Å². The molecule has 0 bridgehead atoms. The number of thiophene rings is 1. The molecule has 1 heterocycles. The number of hydrogen-bond donors (Lipinski definition) is 1. The van der Waals surface area contributed by atoms with E-state index in [0.29, 0.717) is 23.5 Å². The van der Waals surface area contributed by atoms with E-state index in [0.717, 1.165) is 43.4 Å². The summed E-state index contributed by atoms with van der Waals surface area (Å²) in [6, 6.07) is 9.54. The molecule has 26 heavy (non-hydrogen) atoms. The largest absolute Gasteiger partial charge is 0.493 e. The van der Waals surface area contributed by atoms with Crippen molar-refractivity contribution in [2.24, 2.45) is 11.8 Å². The summed E-state index contributed by atoms with van der Waals surface area (Å²) in [6.07, 6.45) is 5.57. The van der Waals surface area contributed by atoms with Gasteiger partial charge in [0.05, 0.1) is 13.2 Å². The fourth-order valence-corrected chi connectivity index (χ4v) is 5.01. The number of benzene rings is 1. The standard InChI is InChI=1S/C20H23Cl2O2S.Y/c21-16-9-14(12-23)10-17(11-16)24-13-15-6-7-20(22)19(15)5-1-3-18-4-2-8-25-18;/h2,4,9-11,15,19-20,23H,1,3,5-7,12-13H2;/q-1;/t15-,19-,20-;/m1./s1. The molecule has 0 saturated heterocycles. The summed E-state index contributed by atoms with van der Waals surface area (Å²) in [5, 5.41) is 13.3. The van der Waals surface area contributed by atoms with Crippen molar-refractivity contribution in [3.8, 4) is 5.75 Å². The molecule has 1 radical (unpaired) electrons. The average molecular weight is 487 g/mol. The molecule has 1 aliphatic carbocycles. The van der Waals surface area contributed by atoms with Crippen LogP contribution in [0.2, 0.25) is 5.02 Å². The summed E-state index contributed by atoms with van der Waals surface area (Å²) >= 11 is 14.4. The first-order valence-corrected chi connectivity index (χ1v) is 10.4. The summed E-state index contributed by atoms with van der Waals surface area (Å²) in [5.74, 6) is 1.71. The predicted octanol–water partition coefficient (Wildman–Crippen LogP) is 5.73. The first kappa shape index (κ1) is 22.7. The summed E-state index contributed by atoms with van der Waals surface area (Å²) < 4.78 is 5.99. The number of hydrogen-bond acceptors (Lipinski definition) is 3. The van der Waals surface area contributed by atoms with Crippen LogP contribution in [-0.2, 0) is 45.7 Å². The van der Waals surface area contributed by atoms with Gasteiger partial charge in [-0.1, -0.05) is 24.4 Å². The predicted molar refractivity (Wildman–Crippen MR) is 105 cm³/mol.